The number of hydrogen-bond acceptors (Lipinski definition) is 3. The first-order valence-corrected chi connectivity index (χ1v) is 5.91. The third-order valence-corrected chi connectivity index (χ3v) is 3.15. The number of hydrogen-bond donors (Lipinski definition) is 1. The van der Waals surface area contributed by atoms with Gasteiger partial charge in [0.1, 0.15) is 6.61 Å². The van der Waals surface area contributed by atoms with Gasteiger partial charge in [-0.25, -0.2) is 0 Å². The van der Waals surface area contributed by atoms with Crippen LogP contribution in [0, 0.1) is 0 Å². The van der Waals surface area contributed by atoms with Gasteiger partial charge in [0.2, 0.25) is 5.91 Å². The first kappa shape index (κ1) is 12.4. The highest BCUT2D eigenvalue weighted by atomic mass is 35.5. The molecule has 0 bridgehead atoms. The van der Waals surface area contributed by atoms with Gasteiger partial charge in [-0.1, -0.05) is 23.7 Å². The molecule has 1 fully saturated rings. The Labute approximate surface area is 105 Å². The Balaban J connectivity index is 2.10. The van der Waals surface area contributed by atoms with Crippen molar-refractivity contribution >= 4 is 17.5 Å². The van der Waals surface area contributed by atoms with Crippen LogP contribution in [0.2, 0.25) is 5.02 Å². The molecular formula is C12H15ClN2O2. The minimum Gasteiger partial charge on any atom is -0.370 e. The van der Waals surface area contributed by atoms with Crippen LogP contribution < -0.4 is 5.73 Å². The number of carbonyl (C=O) groups excluding carboxylic acids is 1. The summed E-state index contributed by atoms with van der Waals surface area (Å²) >= 11 is 6.15. The number of rotatable bonds is 3. The van der Waals surface area contributed by atoms with Gasteiger partial charge < -0.3 is 15.4 Å². The summed E-state index contributed by atoms with van der Waals surface area (Å²) in [6.07, 6.45) is 0. The molecule has 4 nitrogen and oxygen atoms in total. The van der Waals surface area contributed by atoms with E-state index in [0.29, 0.717) is 31.3 Å². The van der Waals surface area contributed by atoms with Gasteiger partial charge in [0.25, 0.3) is 0 Å². The molecule has 0 unspecified atom stereocenters. The van der Waals surface area contributed by atoms with Crippen molar-refractivity contribution in [3.8, 4) is 0 Å². The fraction of sp³-hybridized carbons (Fsp3) is 0.417. The van der Waals surface area contributed by atoms with Gasteiger partial charge in [0.15, 0.2) is 0 Å². The molecule has 92 valence electrons. The van der Waals surface area contributed by atoms with Gasteiger partial charge in [0.05, 0.1) is 6.61 Å². The summed E-state index contributed by atoms with van der Waals surface area (Å²) in [5.41, 5.74) is 7.47. The molecule has 0 saturated carbocycles. The van der Waals surface area contributed by atoms with Crippen molar-refractivity contribution in [2.24, 2.45) is 5.73 Å². The van der Waals surface area contributed by atoms with E-state index in [9.17, 15) is 4.79 Å². The number of benzene rings is 1. The van der Waals surface area contributed by atoms with Crippen molar-refractivity contribution in [3.63, 3.8) is 0 Å². The molecule has 1 heterocycles. The number of halogens is 1. The number of ether oxygens (including phenoxy) is 1. The van der Waals surface area contributed by atoms with E-state index in [4.69, 9.17) is 22.1 Å². The van der Waals surface area contributed by atoms with Gasteiger partial charge in [-0.15, -0.1) is 0 Å². The third kappa shape index (κ3) is 2.97. The lowest BCUT2D eigenvalue weighted by atomic mass is 10.1. The van der Waals surface area contributed by atoms with Crippen molar-refractivity contribution in [2.45, 2.75) is 13.1 Å². The molecule has 2 N–H and O–H groups in total. The van der Waals surface area contributed by atoms with Crippen LogP contribution in [-0.2, 0) is 22.6 Å². The Morgan fingerprint density at radius 3 is 2.94 bits per heavy atom. The highest BCUT2D eigenvalue weighted by Gasteiger charge is 2.19. The standard InChI is InChI=1S/C12H15ClN2O2/c13-11-5-9(6-14)1-2-10(11)7-15-3-4-17-8-12(15)16/h1-2,5H,3-4,6-8,14H2. The quantitative estimate of drug-likeness (QED) is 0.881. The maximum Gasteiger partial charge on any atom is 0.248 e. The van der Waals surface area contributed by atoms with Crippen molar-refractivity contribution in [2.75, 3.05) is 19.8 Å². The van der Waals surface area contributed by atoms with Crippen molar-refractivity contribution < 1.29 is 9.53 Å². The van der Waals surface area contributed by atoms with Crippen molar-refractivity contribution in [1.82, 2.24) is 4.90 Å². The first-order valence-electron chi connectivity index (χ1n) is 5.53. The maximum absolute atomic E-state index is 11.6. The summed E-state index contributed by atoms with van der Waals surface area (Å²) in [7, 11) is 0. The van der Waals surface area contributed by atoms with Gasteiger partial charge in [-0.3, -0.25) is 4.79 Å². The van der Waals surface area contributed by atoms with E-state index in [0.717, 1.165) is 11.1 Å². The summed E-state index contributed by atoms with van der Waals surface area (Å²) in [5.74, 6) is 0.00946. The van der Waals surface area contributed by atoms with Crippen LogP contribution in [0.4, 0.5) is 0 Å². The van der Waals surface area contributed by atoms with Crippen LogP contribution in [0.15, 0.2) is 18.2 Å². The Bertz CT molecular complexity index is 423. The summed E-state index contributed by atoms with van der Waals surface area (Å²) in [5, 5.41) is 0.659. The van der Waals surface area contributed by atoms with Gasteiger partial charge >= 0.3 is 0 Å². The Morgan fingerprint density at radius 2 is 2.29 bits per heavy atom. The average Bonchev–Trinajstić information content (AvgIpc) is 2.34. The number of amides is 1. The molecule has 0 aliphatic carbocycles. The number of nitrogens with two attached hydrogens (primary N) is 1. The fourth-order valence-corrected chi connectivity index (χ4v) is 2.03. The highest BCUT2D eigenvalue weighted by molar-refractivity contribution is 6.31. The molecule has 2 rings (SSSR count). The van der Waals surface area contributed by atoms with E-state index in [1.54, 1.807) is 4.90 Å². The van der Waals surface area contributed by atoms with E-state index in [-0.39, 0.29) is 12.5 Å². The molecule has 0 spiro atoms. The van der Waals surface area contributed by atoms with E-state index in [1.165, 1.54) is 0 Å². The molecule has 1 saturated heterocycles. The summed E-state index contributed by atoms with van der Waals surface area (Å²) in [6.45, 7) is 2.37. The molecule has 17 heavy (non-hydrogen) atoms. The van der Waals surface area contributed by atoms with Crippen LogP contribution in [0.3, 0.4) is 0 Å². The predicted molar refractivity (Wildman–Crippen MR) is 65.6 cm³/mol. The summed E-state index contributed by atoms with van der Waals surface area (Å²) in [6, 6.07) is 5.71. The molecule has 1 aromatic rings. The molecule has 1 aliphatic heterocycles. The largest absolute Gasteiger partial charge is 0.370 e. The second-order valence-corrected chi connectivity index (χ2v) is 4.40. The zero-order valence-electron chi connectivity index (χ0n) is 9.49. The van der Waals surface area contributed by atoms with Gasteiger partial charge in [-0.2, -0.15) is 0 Å². The predicted octanol–water partition coefficient (Wildman–Crippen LogP) is 1.16. The summed E-state index contributed by atoms with van der Waals surface area (Å²) < 4.78 is 5.08. The highest BCUT2D eigenvalue weighted by Crippen LogP contribution is 2.20. The molecular weight excluding hydrogens is 240 g/mol. The minimum absolute atomic E-state index is 0.00946. The Hall–Kier alpha value is -1.10. The lowest BCUT2D eigenvalue weighted by Gasteiger charge is -2.27. The normalized spacial score (nSPS) is 16.4. The molecule has 1 amide bonds. The number of nitrogens with zero attached hydrogens (tertiary/aromatic N) is 1. The Morgan fingerprint density at radius 1 is 1.47 bits per heavy atom. The van der Waals surface area contributed by atoms with Crippen molar-refractivity contribution in [1.29, 1.82) is 0 Å². The first-order chi connectivity index (χ1) is 8.20. The second kappa shape index (κ2) is 5.49. The summed E-state index contributed by atoms with van der Waals surface area (Å²) in [4.78, 5) is 13.3. The average molecular weight is 255 g/mol. The van der Waals surface area contributed by atoms with Crippen LogP contribution in [0.5, 0.6) is 0 Å². The van der Waals surface area contributed by atoms with E-state index < -0.39 is 0 Å². The maximum atomic E-state index is 11.6. The molecule has 5 heteroatoms. The zero-order chi connectivity index (χ0) is 12.3. The molecule has 0 radical (unpaired) electrons. The van der Waals surface area contributed by atoms with Crippen LogP contribution in [0.1, 0.15) is 11.1 Å². The van der Waals surface area contributed by atoms with E-state index in [2.05, 4.69) is 0 Å². The molecule has 0 aromatic heterocycles. The number of morpholine rings is 1. The lowest BCUT2D eigenvalue weighted by molar-refractivity contribution is -0.143. The van der Waals surface area contributed by atoms with E-state index in [1.807, 2.05) is 18.2 Å². The van der Waals surface area contributed by atoms with Gasteiger partial charge in [0, 0.05) is 24.7 Å². The topological polar surface area (TPSA) is 55.6 Å². The van der Waals surface area contributed by atoms with Gasteiger partial charge in [-0.05, 0) is 17.2 Å². The number of carbonyl (C=O) groups is 1. The molecule has 1 aliphatic rings. The second-order valence-electron chi connectivity index (χ2n) is 4.00. The minimum atomic E-state index is 0.00946. The Kier molecular flexibility index (Phi) is 3.99. The third-order valence-electron chi connectivity index (χ3n) is 2.80. The van der Waals surface area contributed by atoms with E-state index >= 15 is 0 Å². The zero-order valence-corrected chi connectivity index (χ0v) is 10.2. The fourth-order valence-electron chi connectivity index (χ4n) is 1.77. The monoisotopic (exact) mass is 254 g/mol. The van der Waals surface area contributed by atoms with Crippen LogP contribution in [0.25, 0.3) is 0 Å². The van der Waals surface area contributed by atoms with Crippen molar-refractivity contribution in [3.05, 3.63) is 34.3 Å². The SMILES string of the molecule is NCc1ccc(CN2CCOCC2=O)c(Cl)c1. The molecule has 0 atom stereocenters. The lowest BCUT2D eigenvalue weighted by Crippen LogP contribution is -2.40. The smallest absolute Gasteiger partial charge is 0.248 e. The molecule has 1 aromatic carbocycles. The van der Waals surface area contributed by atoms with Crippen LogP contribution in [-0.4, -0.2) is 30.6 Å². The van der Waals surface area contributed by atoms with Crippen LogP contribution >= 0.6 is 11.6 Å².